The van der Waals surface area contributed by atoms with Crippen LogP contribution in [0.2, 0.25) is 0 Å². The SMILES string of the molecule is CCCCNC(=NC)NCC1CCOc2ccccc21. The monoisotopic (exact) mass is 275 g/mol. The van der Waals surface area contributed by atoms with Gasteiger partial charge in [-0.15, -0.1) is 0 Å². The Kier molecular flexibility index (Phi) is 5.71. The quantitative estimate of drug-likeness (QED) is 0.493. The lowest BCUT2D eigenvalue weighted by atomic mass is 9.93. The van der Waals surface area contributed by atoms with E-state index in [0.29, 0.717) is 5.92 Å². The summed E-state index contributed by atoms with van der Waals surface area (Å²) in [4.78, 5) is 4.26. The molecule has 0 spiro atoms. The molecule has 0 amide bonds. The van der Waals surface area contributed by atoms with Gasteiger partial charge in [0, 0.05) is 26.1 Å². The van der Waals surface area contributed by atoms with Crippen LogP contribution >= 0.6 is 0 Å². The summed E-state index contributed by atoms with van der Waals surface area (Å²) in [5, 5.41) is 6.76. The third-order valence-electron chi connectivity index (χ3n) is 3.65. The Morgan fingerprint density at radius 2 is 2.20 bits per heavy atom. The molecule has 0 saturated heterocycles. The molecule has 4 nitrogen and oxygen atoms in total. The van der Waals surface area contributed by atoms with Gasteiger partial charge in [0.25, 0.3) is 0 Å². The lowest BCUT2D eigenvalue weighted by Crippen LogP contribution is -2.40. The third kappa shape index (κ3) is 3.89. The first-order chi connectivity index (χ1) is 9.85. The second-order valence-corrected chi connectivity index (χ2v) is 5.11. The van der Waals surface area contributed by atoms with E-state index in [1.165, 1.54) is 18.4 Å². The van der Waals surface area contributed by atoms with Gasteiger partial charge in [0.2, 0.25) is 0 Å². The molecule has 4 heteroatoms. The van der Waals surface area contributed by atoms with Crippen LogP contribution < -0.4 is 15.4 Å². The number of unbranched alkanes of at least 4 members (excludes halogenated alkanes) is 1. The van der Waals surface area contributed by atoms with Gasteiger partial charge < -0.3 is 15.4 Å². The number of hydrogen-bond acceptors (Lipinski definition) is 2. The van der Waals surface area contributed by atoms with E-state index in [2.05, 4.69) is 40.7 Å². The van der Waals surface area contributed by atoms with Crippen LogP contribution in [0, 0.1) is 0 Å². The van der Waals surface area contributed by atoms with Crippen molar-refractivity contribution in [2.75, 3.05) is 26.7 Å². The summed E-state index contributed by atoms with van der Waals surface area (Å²) in [5.74, 6) is 2.41. The largest absolute Gasteiger partial charge is 0.493 e. The number of ether oxygens (including phenoxy) is 1. The van der Waals surface area contributed by atoms with Gasteiger partial charge in [-0.25, -0.2) is 0 Å². The van der Waals surface area contributed by atoms with Crippen molar-refractivity contribution < 1.29 is 4.74 Å². The molecule has 2 rings (SSSR count). The molecule has 0 aliphatic carbocycles. The highest BCUT2D eigenvalue weighted by Crippen LogP contribution is 2.32. The molecule has 0 aromatic heterocycles. The minimum absolute atomic E-state index is 0.490. The lowest BCUT2D eigenvalue weighted by Gasteiger charge is -2.26. The molecule has 0 bridgehead atoms. The molecule has 0 fully saturated rings. The highest BCUT2D eigenvalue weighted by atomic mass is 16.5. The van der Waals surface area contributed by atoms with Crippen LogP contribution in [0.5, 0.6) is 5.75 Å². The Balaban J connectivity index is 1.88. The molecule has 2 N–H and O–H groups in total. The van der Waals surface area contributed by atoms with Crippen molar-refractivity contribution >= 4 is 5.96 Å². The Hall–Kier alpha value is -1.71. The Morgan fingerprint density at radius 3 is 3.00 bits per heavy atom. The van der Waals surface area contributed by atoms with E-state index in [-0.39, 0.29) is 0 Å². The predicted molar refractivity (Wildman–Crippen MR) is 83.6 cm³/mol. The van der Waals surface area contributed by atoms with E-state index in [0.717, 1.165) is 37.8 Å². The maximum atomic E-state index is 5.69. The fourth-order valence-corrected chi connectivity index (χ4v) is 2.45. The number of para-hydroxylation sites is 1. The van der Waals surface area contributed by atoms with E-state index in [4.69, 9.17) is 4.74 Å². The second-order valence-electron chi connectivity index (χ2n) is 5.11. The van der Waals surface area contributed by atoms with Gasteiger partial charge in [0.05, 0.1) is 6.61 Å². The number of hydrogen-bond donors (Lipinski definition) is 2. The summed E-state index contributed by atoms with van der Waals surface area (Å²) >= 11 is 0. The number of nitrogens with one attached hydrogen (secondary N) is 2. The Morgan fingerprint density at radius 1 is 1.35 bits per heavy atom. The number of guanidine groups is 1. The minimum Gasteiger partial charge on any atom is -0.493 e. The first-order valence-electron chi connectivity index (χ1n) is 7.51. The van der Waals surface area contributed by atoms with Crippen LogP contribution in [-0.4, -0.2) is 32.7 Å². The topological polar surface area (TPSA) is 45.7 Å². The molecule has 1 aromatic rings. The van der Waals surface area contributed by atoms with E-state index in [9.17, 15) is 0 Å². The van der Waals surface area contributed by atoms with Gasteiger partial charge in [-0.05, 0) is 24.5 Å². The molecule has 1 aromatic carbocycles. The van der Waals surface area contributed by atoms with Crippen LogP contribution in [0.4, 0.5) is 0 Å². The number of rotatable bonds is 5. The molecule has 1 aliphatic rings. The highest BCUT2D eigenvalue weighted by molar-refractivity contribution is 5.79. The standard InChI is InChI=1S/C16H25N3O/c1-3-4-10-18-16(17-2)19-12-13-9-11-20-15-8-6-5-7-14(13)15/h5-8,13H,3-4,9-12H2,1-2H3,(H2,17,18,19). The smallest absolute Gasteiger partial charge is 0.190 e. The fraction of sp³-hybridized carbons (Fsp3) is 0.562. The van der Waals surface area contributed by atoms with Gasteiger partial charge in [0.1, 0.15) is 5.75 Å². The molecular formula is C16H25N3O. The van der Waals surface area contributed by atoms with E-state index in [1.807, 2.05) is 13.1 Å². The van der Waals surface area contributed by atoms with Gasteiger partial charge in [-0.2, -0.15) is 0 Å². The Labute approximate surface area is 121 Å². The third-order valence-corrected chi connectivity index (χ3v) is 3.65. The average Bonchev–Trinajstić information content (AvgIpc) is 2.50. The van der Waals surface area contributed by atoms with Gasteiger partial charge in [-0.3, -0.25) is 4.99 Å². The van der Waals surface area contributed by atoms with Gasteiger partial charge in [-0.1, -0.05) is 31.5 Å². The van der Waals surface area contributed by atoms with E-state index < -0.39 is 0 Å². The van der Waals surface area contributed by atoms with Gasteiger partial charge in [0.15, 0.2) is 5.96 Å². The van der Waals surface area contributed by atoms with Crippen LogP contribution in [0.1, 0.15) is 37.7 Å². The molecule has 0 saturated carbocycles. The summed E-state index contributed by atoms with van der Waals surface area (Å²) in [6.45, 7) is 4.86. The zero-order valence-electron chi connectivity index (χ0n) is 12.5. The van der Waals surface area contributed by atoms with E-state index in [1.54, 1.807) is 0 Å². The van der Waals surface area contributed by atoms with Crippen molar-refractivity contribution in [2.24, 2.45) is 4.99 Å². The molecule has 1 aliphatic heterocycles. The normalized spacial score (nSPS) is 18.1. The summed E-state index contributed by atoms with van der Waals surface area (Å²) in [6.07, 6.45) is 3.41. The molecule has 20 heavy (non-hydrogen) atoms. The highest BCUT2D eigenvalue weighted by Gasteiger charge is 2.20. The van der Waals surface area contributed by atoms with E-state index >= 15 is 0 Å². The van der Waals surface area contributed by atoms with Gasteiger partial charge >= 0.3 is 0 Å². The summed E-state index contributed by atoms with van der Waals surface area (Å²) in [7, 11) is 1.82. The zero-order valence-corrected chi connectivity index (χ0v) is 12.5. The van der Waals surface area contributed by atoms with Crippen LogP contribution in [0.15, 0.2) is 29.3 Å². The average molecular weight is 275 g/mol. The second kappa shape index (κ2) is 7.78. The molecule has 1 atom stereocenters. The van der Waals surface area contributed by atoms with Crippen molar-refractivity contribution in [2.45, 2.75) is 32.1 Å². The maximum absolute atomic E-state index is 5.69. The fourth-order valence-electron chi connectivity index (χ4n) is 2.45. The van der Waals surface area contributed by atoms with Crippen molar-refractivity contribution in [1.82, 2.24) is 10.6 Å². The number of benzene rings is 1. The van der Waals surface area contributed by atoms with Crippen molar-refractivity contribution in [3.05, 3.63) is 29.8 Å². The van der Waals surface area contributed by atoms with Crippen LogP contribution in [-0.2, 0) is 0 Å². The van der Waals surface area contributed by atoms with Crippen molar-refractivity contribution in [3.8, 4) is 5.75 Å². The van der Waals surface area contributed by atoms with Crippen molar-refractivity contribution in [1.29, 1.82) is 0 Å². The van der Waals surface area contributed by atoms with Crippen molar-refractivity contribution in [3.63, 3.8) is 0 Å². The summed E-state index contributed by atoms with van der Waals surface area (Å²) in [5.41, 5.74) is 1.30. The predicted octanol–water partition coefficient (Wildman–Crippen LogP) is 2.52. The molecule has 1 unspecified atom stereocenters. The molecule has 0 radical (unpaired) electrons. The number of nitrogens with zero attached hydrogens (tertiary/aromatic N) is 1. The summed E-state index contributed by atoms with van der Waals surface area (Å²) < 4.78 is 5.69. The van der Waals surface area contributed by atoms with Crippen LogP contribution in [0.25, 0.3) is 0 Å². The first-order valence-corrected chi connectivity index (χ1v) is 7.51. The zero-order chi connectivity index (χ0) is 14.2. The number of fused-ring (bicyclic) bond motifs is 1. The molecular weight excluding hydrogens is 250 g/mol. The Bertz CT molecular complexity index is 445. The molecule has 1 heterocycles. The maximum Gasteiger partial charge on any atom is 0.190 e. The lowest BCUT2D eigenvalue weighted by molar-refractivity contribution is 0.267. The minimum atomic E-state index is 0.490. The molecule has 110 valence electrons. The van der Waals surface area contributed by atoms with Crippen LogP contribution in [0.3, 0.4) is 0 Å². The number of aliphatic imine (C=N–C) groups is 1. The summed E-state index contributed by atoms with van der Waals surface area (Å²) in [6, 6.07) is 8.32. The first kappa shape index (κ1) is 14.7.